The predicted molar refractivity (Wildman–Crippen MR) is 196 cm³/mol. The van der Waals surface area contributed by atoms with Gasteiger partial charge in [0.15, 0.2) is 6.04 Å². The number of piperidine rings is 1. The van der Waals surface area contributed by atoms with E-state index < -0.39 is 47.9 Å². The van der Waals surface area contributed by atoms with E-state index in [0.717, 1.165) is 17.7 Å². The summed E-state index contributed by atoms with van der Waals surface area (Å²) in [6.45, 7) is 14.2. The fourth-order valence-electron chi connectivity index (χ4n) is 6.49. The van der Waals surface area contributed by atoms with Crippen LogP contribution in [0.15, 0.2) is 53.4 Å². The largest absolute Gasteiger partial charge is 0.494 e. The number of alkyl carbamates (subject to hydrolysis) is 1. The van der Waals surface area contributed by atoms with Crippen molar-refractivity contribution in [2.75, 3.05) is 19.7 Å². The van der Waals surface area contributed by atoms with Gasteiger partial charge in [0.25, 0.3) is 5.92 Å². The van der Waals surface area contributed by atoms with E-state index in [1.54, 1.807) is 45.0 Å². The molecule has 1 unspecified atom stereocenters. The summed E-state index contributed by atoms with van der Waals surface area (Å²) >= 11 is 0.988. The van der Waals surface area contributed by atoms with Gasteiger partial charge in [-0.3, -0.25) is 4.79 Å². The van der Waals surface area contributed by atoms with Crippen molar-refractivity contribution in [2.45, 2.75) is 133 Å². The number of hydrogen-bond donors (Lipinski definition) is 2. The fourth-order valence-corrected chi connectivity index (χ4v) is 7.26. The second-order valence-electron chi connectivity index (χ2n) is 16.0. The van der Waals surface area contributed by atoms with Crippen LogP contribution in [0.1, 0.15) is 99.0 Å². The number of benzene rings is 2. The molecule has 0 spiro atoms. The number of nitrogens with one attached hydrogen (secondary N) is 2. The first-order valence-electron chi connectivity index (χ1n) is 18.2. The summed E-state index contributed by atoms with van der Waals surface area (Å²) in [5, 5.41) is 2.84. The third-order valence-corrected chi connectivity index (χ3v) is 11.1. The van der Waals surface area contributed by atoms with Gasteiger partial charge in [0.05, 0.1) is 17.8 Å². The summed E-state index contributed by atoms with van der Waals surface area (Å²) in [5.74, 6) is -3.00. The zero-order valence-electron chi connectivity index (χ0n) is 31.1. The highest BCUT2D eigenvalue weighted by Gasteiger charge is 2.52. The molecule has 13 heteroatoms. The molecule has 2 amide bonds. The maximum Gasteiger partial charge on any atom is 0.494 e. The summed E-state index contributed by atoms with van der Waals surface area (Å²) in [4.78, 5) is 28.4. The Balaban J connectivity index is 1.28. The molecule has 0 radical (unpaired) electrons. The third kappa shape index (κ3) is 10.2. The molecule has 2 aromatic rings. The van der Waals surface area contributed by atoms with Crippen molar-refractivity contribution in [3.8, 4) is 5.75 Å². The molecule has 51 heavy (non-hydrogen) atoms. The zero-order chi connectivity index (χ0) is 37.0. The second kappa shape index (κ2) is 16.0. The average molecular weight is 730 g/mol. The number of nitrogens with zero attached hydrogens (tertiary/aromatic N) is 1. The Hall–Kier alpha value is -2.87. The molecule has 3 fully saturated rings. The molecule has 2 heterocycles. The van der Waals surface area contributed by atoms with E-state index in [2.05, 4.69) is 10.0 Å². The van der Waals surface area contributed by atoms with Gasteiger partial charge in [0, 0.05) is 29.6 Å². The van der Waals surface area contributed by atoms with Gasteiger partial charge in [-0.05, 0) is 122 Å². The Morgan fingerprint density at radius 3 is 2.08 bits per heavy atom. The number of rotatable bonds is 11. The Bertz CT molecular complexity index is 1460. The lowest BCUT2D eigenvalue weighted by molar-refractivity contribution is -0.145. The summed E-state index contributed by atoms with van der Waals surface area (Å²) in [6, 6.07) is 11.0. The van der Waals surface area contributed by atoms with Crippen molar-refractivity contribution in [1.29, 1.82) is 0 Å². The van der Waals surface area contributed by atoms with Crippen LogP contribution in [0, 0.1) is 5.92 Å². The Morgan fingerprint density at radius 2 is 1.51 bits per heavy atom. The average Bonchev–Trinajstić information content (AvgIpc) is 3.30. The molecule has 2 aliphatic heterocycles. The Morgan fingerprint density at radius 1 is 0.922 bits per heavy atom. The van der Waals surface area contributed by atoms with E-state index in [1.807, 2.05) is 39.8 Å². The van der Waals surface area contributed by atoms with E-state index in [-0.39, 0.29) is 24.7 Å². The van der Waals surface area contributed by atoms with Gasteiger partial charge in [-0.1, -0.05) is 43.5 Å². The molecule has 0 aromatic heterocycles. The lowest BCUT2D eigenvalue weighted by Gasteiger charge is -2.36. The van der Waals surface area contributed by atoms with Crippen molar-refractivity contribution >= 4 is 36.5 Å². The molecule has 9 nitrogen and oxygen atoms in total. The molecule has 0 bridgehead atoms. The number of amides is 2. The highest BCUT2D eigenvalue weighted by molar-refractivity contribution is 7.97. The fraction of sp³-hybridized carbons (Fsp3) is 0.632. The van der Waals surface area contributed by atoms with Gasteiger partial charge in [0.1, 0.15) is 11.4 Å². The van der Waals surface area contributed by atoms with Crippen molar-refractivity contribution in [3.05, 3.63) is 54.1 Å². The van der Waals surface area contributed by atoms with Crippen LogP contribution in [0.2, 0.25) is 0 Å². The van der Waals surface area contributed by atoms with Gasteiger partial charge in [-0.15, -0.1) is 0 Å². The van der Waals surface area contributed by atoms with Crippen LogP contribution in [0.25, 0.3) is 0 Å². The summed E-state index contributed by atoms with van der Waals surface area (Å²) in [7, 11) is -0.700. The first kappa shape index (κ1) is 39.3. The van der Waals surface area contributed by atoms with E-state index in [9.17, 15) is 9.59 Å². The minimum Gasteiger partial charge on any atom is -0.493 e. The standard InChI is InChI=1S/C38H54BF2N3O6S/c1-35(2,3)48-34(46)42-29-21-23-44(24-22-29)33(45)32(43-51-31-19-17-30(18-20-31)47-25-26-11-9-8-10-12-26)38(40,41)27-13-15-28(16-14-27)39-49-36(4,5)37(6,7)50-39/h13-20,26,29,32,43H,8-12,21-25H2,1-7H3,(H,42,46). The van der Waals surface area contributed by atoms with E-state index >= 15 is 8.78 Å². The number of carbonyl (C=O) groups is 2. The molecular weight excluding hydrogens is 675 g/mol. The van der Waals surface area contributed by atoms with Crippen molar-refractivity contribution in [3.63, 3.8) is 0 Å². The predicted octanol–water partition coefficient (Wildman–Crippen LogP) is 7.22. The van der Waals surface area contributed by atoms with Crippen molar-refractivity contribution in [2.24, 2.45) is 5.92 Å². The molecule has 2 N–H and O–H groups in total. The van der Waals surface area contributed by atoms with Crippen LogP contribution < -0.4 is 20.2 Å². The summed E-state index contributed by atoms with van der Waals surface area (Å²) in [5.41, 5.74) is -1.48. The van der Waals surface area contributed by atoms with Gasteiger partial charge >= 0.3 is 13.2 Å². The van der Waals surface area contributed by atoms with Crippen LogP contribution in [0.5, 0.6) is 5.75 Å². The van der Waals surface area contributed by atoms with Crippen LogP contribution in [0.4, 0.5) is 13.6 Å². The molecule has 3 aliphatic rings. The van der Waals surface area contributed by atoms with Crippen molar-refractivity contribution < 1.29 is 37.2 Å². The second-order valence-corrected chi connectivity index (χ2v) is 16.9. The number of hydrogen-bond acceptors (Lipinski definition) is 8. The molecule has 5 rings (SSSR count). The molecule has 1 atom stereocenters. The van der Waals surface area contributed by atoms with Crippen LogP contribution in [-0.2, 0) is 24.8 Å². The molecule has 1 aliphatic carbocycles. The number of alkyl halides is 2. The lowest BCUT2D eigenvalue weighted by Crippen LogP contribution is -2.56. The van der Waals surface area contributed by atoms with Crippen LogP contribution in [-0.4, -0.2) is 72.6 Å². The van der Waals surface area contributed by atoms with Gasteiger partial charge in [-0.25, -0.2) is 9.52 Å². The quantitative estimate of drug-likeness (QED) is 0.185. The van der Waals surface area contributed by atoms with Crippen molar-refractivity contribution in [1.82, 2.24) is 14.9 Å². The number of carbonyl (C=O) groups excluding carboxylic acids is 2. The summed E-state index contributed by atoms with van der Waals surface area (Å²) in [6.07, 6.45) is 6.43. The maximum atomic E-state index is 16.6. The Labute approximate surface area is 306 Å². The van der Waals surface area contributed by atoms with E-state index in [0.29, 0.717) is 35.7 Å². The first-order valence-corrected chi connectivity index (χ1v) is 19.0. The van der Waals surface area contributed by atoms with Crippen LogP contribution >= 0.6 is 11.9 Å². The van der Waals surface area contributed by atoms with Gasteiger partial charge in [0.2, 0.25) is 5.91 Å². The zero-order valence-corrected chi connectivity index (χ0v) is 31.9. The molecule has 1 saturated carbocycles. The van der Waals surface area contributed by atoms with E-state index in [4.69, 9.17) is 18.8 Å². The van der Waals surface area contributed by atoms with Crippen LogP contribution in [0.3, 0.4) is 0 Å². The Kier molecular flexibility index (Phi) is 12.4. The maximum absolute atomic E-state index is 16.6. The van der Waals surface area contributed by atoms with Gasteiger partial charge < -0.3 is 29.0 Å². The minimum absolute atomic E-state index is 0.214. The lowest BCUT2D eigenvalue weighted by atomic mass is 9.78. The monoisotopic (exact) mass is 729 g/mol. The first-order chi connectivity index (χ1) is 23.9. The topological polar surface area (TPSA) is 98.4 Å². The molecule has 2 aromatic carbocycles. The van der Waals surface area contributed by atoms with Gasteiger partial charge in [-0.2, -0.15) is 8.78 Å². The SMILES string of the molecule is CC(C)(C)OC(=O)NC1CCN(C(=O)C(NSc2ccc(OCC3CCCCC3)cc2)C(F)(F)c2ccc(B3OC(C)(C)C(C)(C)O3)cc2)CC1. The summed E-state index contributed by atoms with van der Waals surface area (Å²) < 4.78 is 59.5. The smallest absolute Gasteiger partial charge is 0.493 e. The highest BCUT2D eigenvalue weighted by atomic mass is 32.2. The minimum atomic E-state index is -3.58. The molecular formula is C38H54BF2N3O6S. The number of ether oxygens (including phenoxy) is 2. The normalized spacial score (nSPS) is 20.6. The van der Waals surface area contributed by atoms with E-state index in [1.165, 1.54) is 49.1 Å². The molecule has 2 saturated heterocycles. The third-order valence-electron chi connectivity index (χ3n) is 10.3. The highest BCUT2D eigenvalue weighted by Crippen LogP contribution is 2.38. The molecule has 280 valence electrons. The number of likely N-dealkylation sites (tertiary alicyclic amines) is 1. The number of halogens is 2.